The van der Waals surface area contributed by atoms with Crippen LogP contribution < -0.4 is 5.32 Å². The number of hydrogen-bond donors (Lipinski definition) is 1. The molecule has 0 aromatic heterocycles. The second-order valence-corrected chi connectivity index (χ2v) is 5.44. The van der Waals surface area contributed by atoms with Gasteiger partial charge in [-0.25, -0.2) is 4.39 Å². The van der Waals surface area contributed by atoms with Gasteiger partial charge in [0.1, 0.15) is 5.82 Å². The maximum Gasteiger partial charge on any atom is 0.142 e. The summed E-state index contributed by atoms with van der Waals surface area (Å²) in [5.74, 6) is -0.333. The van der Waals surface area contributed by atoms with Crippen molar-refractivity contribution in [1.82, 2.24) is 5.32 Å². The van der Waals surface area contributed by atoms with E-state index in [9.17, 15) is 4.39 Å². The molecule has 1 N–H and O–H groups in total. The number of halogens is 2. The van der Waals surface area contributed by atoms with Crippen molar-refractivity contribution in [3.8, 4) is 0 Å². The lowest BCUT2D eigenvalue weighted by molar-refractivity contribution is 0.420. The molecule has 0 spiro atoms. The normalized spacial score (nSPS) is 17.1. The Kier molecular flexibility index (Phi) is 4.05. The van der Waals surface area contributed by atoms with Gasteiger partial charge in [0.25, 0.3) is 0 Å². The van der Waals surface area contributed by atoms with Crippen LogP contribution in [0.5, 0.6) is 0 Å². The fourth-order valence-corrected chi connectivity index (χ4v) is 2.56. The van der Waals surface area contributed by atoms with Gasteiger partial charge in [-0.15, -0.1) is 0 Å². The highest BCUT2D eigenvalue weighted by Gasteiger charge is 2.40. The highest BCUT2D eigenvalue weighted by molar-refractivity contribution is 6.31. The maximum atomic E-state index is 13.2. The summed E-state index contributed by atoms with van der Waals surface area (Å²) in [6.07, 6.45) is 5.18. The highest BCUT2D eigenvalue weighted by atomic mass is 35.5. The standard InChI is InChI=1S/C14H19ClFN/c1-2-6-14(7-8-14)10-17-9-11-4-3-5-12(16)13(11)15/h3-5,17H,2,6-10H2,1H3. The van der Waals surface area contributed by atoms with Crippen LogP contribution in [0, 0.1) is 11.2 Å². The Morgan fingerprint density at radius 3 is 2.82 bits per heavy atom. The molecule has 1 aliphatic rings. The predicted molar refractivity (Wildman–Crippen MR) is 69.7 cm³/mol. The Morgan fingerprint density at radius 2 is 2.18 bits per heavy atom. The third-order valence-electron chi connectivity index (χ3n) is 3.58. The zero-order valence-electron chi connectivity index (χ0n) is 10.2. The van der Waals surface area contributed by atoms with E-state index in [-0.39, 0.29) is 10.8 Å². The molecule has 1 saturated carbocycles. The lowest BCUT2D eigenvalue weighted by Gasteiger charge is -2.15. The zero-order chi connectivity index (χ0) is 12.3. The van der Waals surface area contributed by atoms with Crippen molar-refractivity contribution in [2.75, 3.05) is 6.54 Å². The molecule has 0 bridgehead atoms. The topological polar surface area (TPSA) is 12.0 Å². The molecule has 0 saturated heterocycles. The third-order valence-corrected chi connectivity index (χ3v) is 4.01. The van der Waals surface area contributed by atoms with E-state index in [1.54, 1.807) is 6.07 Å². The average molecular weight is 256 g/mol. The first kappa shape index (κ1) is 12.8. The fourth-order valence-electron chi connectivity index (χ4n) is 2.37. The van der Waals surface area contributed by atoms with Crippen LogP contribution in [0.1, 0.15) is 38.2 Å². The molecule has 1 fully saturated rings. The molecule has 3 heteroatoms. The Bertz CT molecular complexity index is 388. The number of nitrogens with one attached hydrogen (secondary N) is 1. The van der Waals surface area contributed by atoms with Crippen LogP contribution in [-0.4, -0.2) is 6.54 Å². The second-order valence-electron chi connectivity index (χ2n) is 5.07. The first-order valence-electron chi connectivity index (χ1n) is 6.30. The summed E-state index contributed by atoms with van der Waals surface area (Å²) in [4.78, 5) is 0. The summed E-state index contributed by atoms with van der Waals surface area (Å²) >= 11 is 5.91. The molecule has 0 aliphatic heterocycles. The lowest BCUT2D eigenvalue weighted by atomic mass is 10.0. The van der Waals surface area contributed by atoms with Crippen LogP contribution >= 0.6 is 11.6 Å². The van der Waals surface area contributed by atoms with E-state index in [0.717, 1.165) is 12.1 Å². The molecule has 0 amide bonds. The van der Waals surface area contributed by atoms with E-state index >= 15 is 0 Å². The maximum absolute atomic E-state index is 13.2. The predicted octanol–water partition coefficient (Wildman–Crippen LogP) is 4.15. The Balaban J connectivity index is 1.84. The molecule has 0 radical (unpaired) electrons. The number of rotatable bonds is 6. The molecule has 1 aliphatic carbocycles. The molecule has 0 heterocycles. The summed E-state index contributed by atoms with van der Waals surface area (Å²) in [6, 6.07) is 4.97. The van der Waals surface area contributed by atoms with Gasteiger partial charge in [0.15, 0.2) is 0 Å². The van der Waals surface area contributed by atoms with E-state index in [1.807, 2.05) is 6.07 Å². The zero-order valence-corrected chi connectivity index (χ0v) is 11.0. The van der Waals surface area contributed by atoms with Gasteiger partial charge in [0.05, 0.1) is 5.02 Å². The first-order chi connectivity index (χ1) is 8.17. The summed E-state index contributed by atoms with van der Waals surface area (Å²) in [6.45, 7) is 3.90. The SMILES string of the molecule is CCCC1(CNCc2cccc(F)c2Cl)CC1. The Hall–Kier alpha value is -0.600. The Morgan fingerprint density at radius 1 is 1.41 bits per heavy atom. The van der Waals surface area contributed by atoms with Gasteiger partial charge >= 0.3 is 0 Å². The van der Waals surface area contributed by atoms with Crippen LogP contribution in [0.4, 0.5) is 4.39 Å². The molecule has 1 aromatic rings. The van der Waals surface area contributed by atoms with Crippen molar-refractivity contribution >= 4 is 11.6 Å². The largest absolute Gasteiger partial charge is 0.312 e. The van der Waals surface area contributed by atoms with Gasteiger partial charge in [-0.05, 0) is 36.3 Å². The van der Waals surface area contributed by atoms with E-state index in [2.05, 4.69) is 12.2 Å². The molecular formula is C14H19ClFN. The molecule has 0 atom stereocenters. The van der Waals surface area contributed by atoms with Gasteiger partial charge in [-0.3, -0.25) is 0 Å². The van der Waals surface area contributed by atoms with Crippen molar-refractivity contribution < 1.29 is 4.39 Å². The van der Waals surface area contributed by atoms with Gasteiger partial charge in [0.2, 0.25) is 0 Å². The molecule has 1 aromatic carbocycles. The summed E-state index contributed by atoms with van der Waals surface area (Å²) < 4.78 is 13.2. The molecular weight excluding hydrogens is 237 g/mol. The van der Waals surface area contributed by atoms with Crippen LogP contribution in [-0.2, 0) is 6.54 Å². The van der Waals surface area contributed by atoms with Crippen molar-refractivity contribution in [2.45, 2.75) is 39.2 Å². The van der Waals surface area contributed by atoms with Crippen LogP contribution in [0.25, 0.3) is 0 Å². The van der Waals surface area contributed by atoms with Crippen molar-refractivity contribution in [3.05, 3.63) is 34.6 Å². The van der Waals surface area contributed by atoms with E-state index < -0.39 is 0 Å². The van der Waals surface area contributed by atoms with E-state index in [4.69, 9.17) is 11.6 Å². The average Bonchev–Trinajstić information content (AvgIpc) is 3.05. The lowest BCUT2D eigenvalue weighted by Crippen LogP contribution is -2.23. The summed E-state index contributed by atoms with van der Waals surface area (Å²) in [5.41, 5.74) is 1.37. The van der Waals surface area contributed by atoms with Gasteiger partial charge in [-0.2, -0.15) is 0 Å². The monoisotopic (exact) mass is 255 g/mol. The van der Waals surface area contributed by atoms with E-state index in [0.29, 0.717) is 12.0 Å². The van der Waals surface area contributed by atoms with Gasteiger partial charge in [-0.1, -0.05) is 37.1 Å². The van der Waals surface area contributed by atoms with Gasteiger partial charge in [0, 0.05) is 13.1 Å². The molecule has 17 heavy (non-hydrogen) atoms. The third kappa shape index (κ3) is 3.20. The molecule has 94 valence electrons. The van der Waals surface area contributed by atoms with E-state index in [1.165, 1.54) is 31.7 Å². The highest BCUT2D eigenvalue weighted by Crippen LogP contribution is 2.48. The number of hydrogen-bond acceptors (Lipinski definition) is 1. The molecule has 1 nitrogen and oxygen atoms in total. The minimum absolute atomic E-state index is 0.250. The van der Waals surface area contributed by atoms with Crippen molar-refractivity contribution in [1.29, 1.82) is 0 Å². The fraction of sp³-hybridized carbons (Fsp3) is 0.571. The summed E-state index contributed by atoms with van der Waals surface area (Å²) in [5, 5.41) is 3.66. The summed E-state index contributed by atoms with van der Waals surface area (Å²) in [7, 11) is 0. The number of benzene rings is 1. The van der Waals surface area contributed by atoms with Gasteiger partial charge < -0.3 is 5.32 Å². The first-order valence-corrected chi connectivity index (χ1v) is 6.68. The van der Waals surface area contributed by atoms with Crippen LogP contribution in [0.15, 0.2) is 18.2 Å². The minimum Gasteiger partial charge on any atom is -0.312 e. The van der Waals surface area contributed by atoms with Crippen molar-refractivity contribution in [2.24, 2.45) is 5.41 Å². The van der Waals surface area contributed by atoms with Crippen LogP contribution in [0.2, 0.25) is 5.02 Å². The quantitative estimate of drug-likeness (QED) is 0.805. The molecule has 0 unspecified atom stereocenters. The van der Waals surface area contributed by atoms with Crippen molar-refractivity contribution in [3.63, 3.8) is 0 Å². The van der Waals surface area contributed by atoms with Crippen LogP contribution in [0.3, 0.4) is 0 Å². The Labute approximate surface area is 107 Å². The second kappa shape index (κ2) is 5.36. The minimum atomic E-state index is -0.333. The molecule has 2 rings (SSSR count). The smallest absolute Gasteiger partial charge is 0.142 e.